The normalized spacial score (nSPS) is 18.1. The third kappa shape index (κ3) is 5.91. The molecule has 0 amide bonds. The lowest BCUT2D eigenvalue weighted by Crippen LogP contribution is -2.49. The molecule has 198 valence electrons. The van der Waals surface area contributed by atoms with E-state index in [9.17, 15) is 8.92 Å². The van der Waals surface area contributed by atoms with Crippen LogP contribution in [0.25, 0.3) is 11.1 Å². The number of hydrogen-bond acceptors (Lipinski definition) is 3. The van der Waals surface area contributed by atoms with E-state index < -0.39 is 12.0 Å². The van der Waals surface area contributed by atoms with Gasteiger partial charge in [0.2, 0.25) is 0 Å². The smallest absolute Gasteiger partial charge is 0.172 e. The Morgan fingerprint density at radius 3 is 2.44 bits per heavy atom. The van der Waals surface area contributed by atoms with Crippen molar-refractivity contribution in [3.8, 4) is 11.5 Å². The number of nitrogens with zero attached hydrogens (tertiary/aromatic N) is 1. The largest absolute Gasteiger partial charge is 0.489 e. The number of alkyl halides is 1. The average Bonchev–Trinajstić information content (AvgIpc) is 3.31. The van der Waals surface area contributed by atoms with Gasteiger partial charge in [-0.2, -0.15) is 0 Å². The van der Waals surface area contributed by atoms with Crippen LogP contribution in [0.1, 0.15) is 53.5 Å². The predicted molar refractivity (Wildman–Crippen MR) is 150 cm³/mol. The van der Waals surface area contributed by atoms with Crippen LogP contribution in [-0.2, 0) is 6.42 Å². The quantitative estimate of drug-likeness (QED) is 0.313. The second-order valence-electron chi connectivity index (χ2n) is 10.5. The molecule has 0 saturated carbocycles. The van der Waals surface area contributed by atoms with Crippen molar-refractivity contribution < 1.29 is 23.0 Å². The van der Waals surface area contributed by atoms with Crippen LogP contribution in [0.15, 0.2) is 60.7 Å². The van der Waals surface area contributed by atoms with Crippen molar-refractivity contribution in [3.05, 3.63) is 94.3 Å². The summed E-state index contributed by atoms with van der Waals surface area (Å²) in [5.74, 6) is 0.580. The van der Waals surface area contributed by atoms with E-state index in [0.717, 1.165) is 52.7 Å². The van der Waals surface area contributed by atoms with Crippen LogP contribution >= 0.6 is 0 Å². The molecule has 3 aromatic carbocycles. The van der Waals surface area contributed by atoms with E-state index in [1.807, 2.05) is 54.3 Å². The van der Waals surface area contributed by atoms with Crippen molar-refractivity contribution >= 4 is 26.8 Å². The van der Waals surface area contributed by atoms with Gasteiger partial charge in [-0.15, -0.1) is 0 Å². The lowest BCUT2D eigenvalue weighted by Gasteiger charge is -2.36. The molecule has 1 fully saturated rings. The summed E-state index contributed by atoms with van der Waals surface area (Å²) in [5, 5.41) is -1.19. The fraction of sp³-hybridized carbons (Fsp3) is 0.355. The fourth-order valence-corrected chi connectivity index (χ4v) is 5.68. The van der Waals surface area contributed by atoms with Gasteiger partial charge >= 0.3 is 0 Å². The van der Waals surface area contributed by atoms with E-state index in [1.165, 1.54) is 0 Å². The van der Waals surface area contributed by atoms with E-state index in [-0.39, 0.29) is 24.1 Å². The number of fused-ring (bicyclic) bond motifs is 1. The Labute approximate surface area is 230 Å². The summed E-state index contributed by atoms with van der Waals surface area (Å²) in [6.07, 6.45) is 2.87. The minimum Gasteiger partial charge on any atom is -0.489 e. The molecule has 1 heterocycles. The number of likely N-dealkylation sites (tertiary alicyclic amines) is 1. The van der Waals surface area contributed by atoms with Crippen LogP contribution in [0.3, 0.4) is 0 Å². The molecule has 1 saturated heterocycles. The first-order valence-electron chi connectivity index (χ1n) is 13.4. The summed E-state index contributed by atoms with van der Waals surface area (Å²) in [6, 6.07) is 18.2. The highest BCUT2D eigenvalue weighted by Crippen LogP contribution is 2.42. The van der Waals surface area contributed by atoms with Crippen molar-refractivity contribution in [2.75, 3.05) is 19.8 Å². The number of aryl methyl sites for hydroxylation is 2. The third-order valence-corrected chi connectivity index (χ3v) is 7.73. The molecule has 3 nitrogen and oxygen atoms in total. The summed E-state index contributed by atoms with van der Waals surface area (Å²) >= 11 is 0. The van der Waals surface area contributed by atoms with E-state index in [2.05, 4.69) is 4.94 Å². The van der Waals surface area contributed by atoms with Crippen LogP contribution in [0, 0.1) is 12.7 Å². The molecule has 4 radical (unpaired) electrons. The lowest BCUT2D eigenvalue weighted by atomic mass is 9.59. The van der Waals surface area contributed by atoms with Crippen LogP contribution in [0.2, 0.25) is 0 Å². The molecule has 1 aliphatic carbocycles. The molecule has 0 aromatic heterocycles. The maximum Gasteiger partial charge on any atom is 0.172 e. The zero-order valence-corrected chi connectivity index (χ0v) is 22.1. The molecule has 0 bridgehead atoms. The average molecular weight is 527 g/mol. The summed E-state index contributed by atoms with van der Waals surface area (Å²) in [7, 11) is 12.2. The van der Waals surface area contributed by atoms with E-state index in [0.29, 0.717) is 30.8 Å². The van der Waals surface area contributed by atoms with E-state index in [4.69, 9.17) is 20.4 Å². The zero-order chi connectivity index (χ0) is 27.6. The summed E-state index contributed by atoms with van der Waals surface area (Å²) in [4.78, 5) is 5.85. The van der Waals surface area contributed by atoms with Crippen LogP contribution in [-0.4, -0.2) is 51.8 Å². The first kappa shape index (κ1) is 27.4. The van der Waals surface area contributed by atoms with Crippen molar-refractivity contribution in [1.82, 2.24) is 4.90 Å². The van der Waals surface area contributed by atoms with Crippen LogP contribution in [0.4, 0.5) is 13.3 Å². The van der Waals surface area contributed by atoms with Gasteiger partial charge in [0.05, 0.1) is 22.4 Å². The molecule has 1 aliphatic heterocycles. The molecule has 39 heavy (non-hydrogen) atoms. The Bertz CT molecular complexity index is 1360. The first-order valence-corrected chi connectivity index (χ1v) is 13.4. The van der Waals surface area contributed by atoms with Gasteiger partial charge in [-0.25, -0.2) is 4.39 Å². The molecule has 8 heteroatoms. The molecular formula is C31H30B2F3NO2. The van der Waals surface area contributed by atoms with Gasteiger partial charge in [-0.3, -0.25) is 9.33 Å². The van der Waals surface area contributed by atoms with Crippen molar-refractivity contribution in [2.45, 2.75) is 50.5 Å². The van der Waals surface area contributed by atoms with Gasteiger partial charge in [0.1, 0.15) is 17.7 Å². The highest BCUT2D eigenvalue weighted by Gasteiger charge is 2.33. The monoisotopic (exact) mass is 527 g/mol. The standard InChI is InChI=1S/C31H30B2F3NO2/c1-20-5-11-27(29(35)17-20)28-4-2-3-22-18-24(39-36)10-12-26(22)30(28)21-6-8-23(9-7-21)38-25-13-16-37(19-25)31(32,33)14-15-34/h5-12,17-18,25H,2-4,13-16,19H2,1H3. The molecular weight excluding hydrogens is 497 g/mol. The summed E-state index contributed by atoms with van der Waals surface area (Å²) in [6.45, 7) is 2.44. The van der Waals surface area contributed by atoms with Gasteiger partial charge in [0, 0.05) is 23.2 Å². The van der Waals surface area contributed by atoms with Crippen LogP contribution < -0.4 is 9.68 Å². The molecule has 0 N–H and O–H groups in total. The Morgan fingerprint density at radius 1 is 0.974 bits per heavy atom. The Morgan fingerprint density at radius 2 is 1.72 bits per heavy atom. The summed E-state index contributed by atoms with van der Waals surface area (Å²) in [5.41, 5.74) is 6.05. The predicted octanol–water partition coefficient (Wildman–Crippen LogP) is 6.50. The van der Waals surface area contributed by atoms with Crippen molar-refractivity contribution in [1.29, 1.82) is 0 Å². The van der Waals surface area contributed by atoms with Crippen molar-refractivity contribution in [3.63, 3.8) is 0 Å². The fourth-order valence-electron chi connectivity index (χ4n) is 5.68. The maximum atomic E-state index is 15.2. The van der Waals surface area contributed by atoms with Gasteiger partial charge in [0.15, 0.2) is 5.75 Å². The number of ether oxygens (including phenoxy) is 1. The molecule has 1 atom stereocenters. The Hall–Kier alpha value is -3.12. The number of halogens is 3. The Kier molecular flexibility index (Phi) is 8.13. The van der Waals surface area contributed by atoms with E-state index >= 15 is 4.39 Å². The van der Waals surface area contributed by atoms with Gasteiger partial charge in [-0.1, -0.05) is 35.7 Å². The second kappa shape index (κ2) is 11.5. The van der Waals surface area contributed by atoms with Gasteiger partial charge in [0.25, 0.3) is 0 Å². The van der Waals surface area contributed by atoms with E-state index in [1.54, 1.807) is 18.2 Å². The van der Waals surface area contributed by atoms with Gasteiger partial charge < -0.3 is 9.64 Å². The molecule has 5 rings (SSSR count). The highest BCUT2D eigenvalue weighted by molar-refractivity contribution is 6.39. The third-order valence-electron chi connectivity index (χ3n) is 7.73. The van der Waals surface area contributed by atoms with Crippen LogP contribution in [0.5, 0.6) is 11.5 Å². The SMILES string of the molecule is [B]C([B])(CCF)N1CCC(Oc2ccc(C3=C(c4ccc(C)cc4F)CCCc4cc(OF)ccc43)cc2)C1. The van der Waals surface area contributed by atoms with Gasteiger partial charge in [-0.05, 0) is 103 Å². The molecule has 0 spiro atoms. The molecule has 3 aromatic rings. The second-order valence-corrected chi connectivity index (χ2v) is 10.5. The minimum atomic E-state index is -1.19. The number of benzene rings is 3. The lowest BCUT2D eigenvalue weighted by molar-refractivity contribution is -0.00629. The summed E-state index contributed by atoms with van der Waals surface area (Å²) < 4.78 is 47.3. The number of rotatable bonds is 8. The molecule has 2 aliphatic rings. The number of allylic oxidation sites excluding steroid dienone is 1. The minimum absolute atomic E-state index is 0.0634. The maximum absolute atomic E-state index is 15.2. The number of hydrogen-bond donors (Lipinski definition) is 0. The van der Waals surface area contributed by atoms with Crippen molar-refractivity contribution in [2.24, 2.45) is 0 Å². The molecule has 1 unspecified atom stereocenters. The Balaban J connectivity index is 1.48. The topological polar surface area (TPSA) is 21.7 Å². The first-order chi connectivity index (χ1) is 18.8. The highest BCUT2D eigenvalue weighted by atomic mass is 19.3. The zero-order valence-electron chi connectivity index (χ0n) is 22.1.